The van der Waals surface area contributed by atoms with Gasteiger partial charge in [-0.2, -0.15) is 0 Å². The van der Waals surface area contributed by atoms with Crippen molar-refractivity contribution < 1.29 is 4.42 Å². The predicted molar refractivity (Wildman–Crippen MR) is 233 cm³/mol. The van der Waals surface area contributed by atoms with E-state index in [9.17, 15) is 0 Å². The highest BCUT2D eigenvalue weighted by Crippen LogP contribution is 2.50. The quantitative estimate of drug-likeness (QED) is 0.168. The summed E-state index contributed by atoms with van der Waals surface area (Å²) < 4.78 is 6.60. The highest BCUT2D eigenvalue weighted by molar-refractivity contribution is 6.25. The lowest BCUT2D eigenvalue weighted by Crippen LogP contribution is -2.21. The minimum Gasteiger partial charge on any atom is -0.456 e. The maximum atomic E-state index is 6.60. The molecule has 0 saturated heterocycles. The van der Waals surface area contributed by atoms with Gasteiger partial charge in [0.15, 0.2) is 0 Å². The third-order valence-corrected chi connectivity index (χ3v) is 12.7. The van der Waals surface area contributed by atoms with Gasteiger partial charge in [-0.1, -0.05) is 146 Å². The summed E-state index contributed by atoms with van der Waals surface area (Å²) >= 11 is 0. The number of hydrogen-bond donors (Lipinski definition) is 0. The fourth-order valence-corrected chi connectivity index (χ4v) is 10.2. The minimum absolute atomic E-state index is 0.353. The van der Waals surface area contributed by atoms with Crippen LogP contribution in [0.1, 0.15) is 22.6 Å². The number of benzene rings is 9. The van der Waals surface area contributed by atoms with E-state index in [0.29, 0.717) is 11.8 Å². The number of hydrogen-bond acceptors (Lipinski definition) is 1. The van der Waals surface area contributed by atoms with Crippen LogP contribution in [0, 0.1) is 5.92 Å². The third kappa shape index (κ3) is 4.13. The van der Waals surface area contributed by atoms with Crippen molar-refractivity contribution in [3.63, 3.8) is 0 Å². The summed E-state index contributed by atoms with van der Waals surface area (Å²) in [4.78, 5) is 0. The Balaban J connectivity index is 1.11. The highest BCUT2D eigenvalue weighted by Gasteiger charge is 2.33. The first-order valence-electron chi connectivity index (χ1n) is 19.3. The molecule has 1 nitrogen and oxygen atoms in total. The van der Waals surface area contributed by atoms with E-state index in [2.05, 4.69) is 182 Å². The van der Waals surface area contributed by atoms with Crippen molar-refractivity contribution in [1.82, 2.24) is 0 Å². The molecule has 0 radical (unpaired) electrons. The third-order valence-electron chi connectivity index (χ3n) is 12.7. The van der Waals surface area contributed by atoms with Gasteiger partial charge >= 0.3 is 0 Å². The summed E-state index contributed by atoms with van der Waals surface area (Å²) in [6, 6.07) is 52.0. The van der Waals surface area contributed by atoms with Crippen molar-refractivity contribution in [1.29, 1.82) is 0 Å². The Morgan fingerprint density at radius 3 is 2.02 bits per heavy atom. The molecule has 0 fully saturated rings. The minimum atomic E-state index is 0.353. The molecule has 9 aromatic carbocycles. The molecule has 0 bridgehead atoms. The maximum Gasteiger partial charge on any atom is 0.136 e. The smallest absolute Gasteiger partial charge is 0.136 e. The van der Waals surface area contributed by atoms with Gasteiger partial charge in [-0.15, -0.1) is 0 Å². The molecule has 13 rings (SSSR count). The number of fused-ring (bicyclic) bond motifs is 4. The van der Waals surface area contributed by atoms with Gasteiger partial charge in [0.25, 0.3) is 0 Å². The van der Waals surface area contributed by atoms with Crippen molar-refractivity contribution in [2.75, 3.05) is 0 Å². The molecule has 2 unspecified atom stereocenters. The van der Waals surface area contributed by atoms with E-state index in [-0.39, 0.29) is 0 Å². The van der Waals surface area contributed by atoms with Gasteiger partial charge in [0.2, 0.25) is 0 Å². The molecule has 1 aromatic heterocycles. The molecule has 254 valence electrons. The SMILES string of the molecule is C1=CC2C=Cc3c(-c4cc(-c5ccc6ccc7cccc8ccc5c6c78)cc(-c5cccc6oc7cc8ccccc8cc7c56)c4)ccc4c3C2C(=C1)C=C4. The Morgan fingerprint density at radius 2 is 1.15 bits per heavy atom. The lowest BCUT2D eigenvalue weighted by molar-refractivity contribution is 0.665. The molecule has 0 spiro atoms. The molecule has 3 aliphatic rings. The fraction of sp³-hybridized carbons (Fsp3) is 0.0370. The van der Waals surface area contributed by atoms with Crippen LogP contribution >= 0.6 is 0 Å². The first-order valence-corrected chi connectivity index (χ1v) is 19.3. The second-order valence-electron chi connectivity index (χ2n) is 15.6. The Morgan fingerprint density at radius 1 is 0.436 bits per heavy atom. The van der Waals surface area contributed by atoms with Crippen LogP contribution in [-0.2, 0) is 0 Å². The van der Waals surface area contributed by atoms with Crippen molar-refractivity contribution in [2.45, 2.75) is 5.92 Å². The van der Waals surface area contributed by atoms with Crippen LogP contribution in [0.15, 0.2) is 180 Å². The van der Waals surface area contributed by atoms with E-state index in [1.807, 2.05) is 0 Å². The maximum absolute atomic E-state index is 6.60. The average Bonchev–Trinajstić information content (AvgIpc) is 3.61. The molecule has 1 heterocycles. The summed E-state index contributed by atoms with van der Waals surface area (Å²) in [5.74, 6) is 0.736. The monoisotopic (exact) mass is 696 g/mol. The highest BCUT2D eigenvalue weighted by atomic mass is 16.3. The first-order chi connectivity index (χ1) is 27.2. The average molecular weight is 697 g/mol. The van der Waals surface area contributed by atoms with E-state index < -0.39 is 0 Å². The number of furan rings is 1. The largest absolute Gasteiger partial charge is 0.456 e. The van der Waals surface area contributed by atoms with Gasteiger partial charge in [0.05, 0.1) is 0 Å². The molecule has 55 heavy (non-hydrogen) atoms. The summed E-state index contributed by atoms with van der Waals surface area (Å²) in [5.41, 5.74) is 14.7. The molecule has 0 N–H and O–H groups in total. The van der Waals surface area contributed by atoms with Gasteiger partial charge in [0.1, 0.15) is 11.2 Å². The Labute approximate surface area is 317 Å². The zero-order valence-corrected chi connectivity index (χ0v) is 29.9. The van der Waals surface area contributed by atoms with Crippen molar-refractivity contribution in [3.8, 4) is 33.4 Å². The second-order valence-corrected chi connectivity index (χ2v) is 15.6. The number of rotatable bonds is 3. The lowest BCUT2D eigenvalue weighted by Gasteiger charge is -2.36. The zero-order chi connectivity index (χ0) is 35.8. The molecule has 10 aromatic rings. The van der Waals surface area contributed by atoms with Crippen molar-refractivity contribution in [2.24, 2.45) is 5.92 Å². The molecule has 0 aliphatic heterocycles. The predicted octanol–water partition coefficient (Wildman–Crippen LogP) is 14.9. The summed E-state index contributed by atoms with van der Waals surface area (Å²) in [6.45, 7) is 0. The molecular weight excluding hydrogens is 665 g/mol. The Bertz CT molecular complexity index is 3420. The van der Waals surface area contributed by atoms with Crippen LogP contribution in [0.4, 0.5) is 0 Å². The van der Waals surface area contributed by atoms with Gasteiger partial charge in [-0.05, 0) is 135 Å². The standard InChI is InChI=1S/C54H32O/c1-2-7-38-30-49-47(29-37(38)6-1)54-44(12-5-13-48(54)55-49)41-27-39(42-22-18-35-16-14-31-8-3-10-33-20-24-45(42)52(35)50(31)33)26-40(28-41)43-23-19-36-17-15-32-9-4-11-34-21-25-46(43)53(36)51(32)34/h1-30,33,50H. The molecule has 2 atom stereocenters. The Kier molecular flexibility index (Phi) is 5.80. The van der Waals surface area contributed by atoms with Crippen molar-refractivity contribution in [3.05, 3.63) is 192 Å². The van der Waals surface area contributed by atoms with Crippen molar-refractivity contribution >= 4 is 77.2 Å². The summed E-state index contributed by atoms with van der Waals surface area (Å²) in [6.07, 6.45) is 16.3. The van der Waals surface area contributed by atoms with E-state index in [1.165, 1.54) is 98.7 Å². The fourth-order valence-electron chi connectivity index (χ4n) is 10.2. The van der Waals surface area contributed by atoms with Crippen LogP contribution in [-0.4, -0.2) is 0 Å². The second kappa shape index (κ2) is 10.8. The normalized spacial score (nSPS) is 17.0. The lowest BCUT2D eigenvalue weighted by atomic mass is 9.68. The van der Waals surface area contributed by atoms with Crippen LogP contribution < -0.4 is 0 Å². The van der Waals surface area contributed by atoms with Crippen LogP contribution in [0.3, 0.4) is 0 Å². The van der Waals surface area contributed by atoms with Crippen LogP contribution in [0.5, 0.6) is 0 Å². The van der Waals surface area contributed by atoms with Gasteiger partial charge in [-0.25, -0.2) is 0 Å². The summed E-state index contributed by atoms with van der Waals surface area (Å²) in [5, 5.41) is 12.5. The molecular formula is C54H32O. The first kappa shape index (κ1) is 29.5. The van der Waals surface area contributed by atoms with Crippen LogP contribution in [0.25, 0.3) is 111 Å². The molecule has 0 saturated carbocycles. The van der Waals surface area contributed by atoms with E-state index in [4.69, 9.17) is 4.42 Å². The zero-order valence-electron chi connectivity index (χ0n) is 29.9. The van der Waals surface area contributed by atoms with Crippen LogP contribution in [0.2, 0.25) is 0 Å². The van der Waals surface area contributed by atoms with Gasteiger partial charge in [-0.3, -0.25) is 0 Å². The summed E-state index contributed by atoms with van der Waals surface area (Å²) in [7, 11) is 0. The van der Waals surface area contributed by atoms with E-state index in [1.54, 1.807) is 0 Å². The van der Waals surface area contributed by atoms with E-state index >= 15 is 0 Å². The van der Waals surface area contributed by atoms with Gasteiger partial charge in [0, 0.05) is 22.6 Å². The molecule has 1 heteroatoms. The number of allylic oxidation sites excluding steroid dienone is 6. The molecule has 3 aliphatic carbocycles. The van der Waals surface area contributed by atoms with Gasteiger partial charge < -0.3 is 4.42 Å². The Hall–Kier alpha value is -6.96. The van der Waals surface area contributed by atoms with E-state index in [0.717, 1.165) is 21.9 Å². The molecule has 0 amide bonds. The topological polar surface area (TPSA) is 13.1 Å².